The first-order chi connectivity index (χ1) is 13.2. The van der Waals surface area contributed by atoms with Crippen molar-refractivity contribution in [3.05, 3.63) is 90.0 Å². The predicted octanol–water partition coefficient (Wildman–Crippen LogP) is 5.80. The summed E-state index contributed by atoms with van der Waals surface area (Å²) in [5.41, 5.74) is 2.84. The van der Waals surface area contributed by atoms with Crippen molar-refractivity contribution in [3.8, 4) is 0 Å². The number of unbranched alkanes of at least 4 members (excludes halogenated alkanes) is 1. The van der Waals surface area contributed by atoms with Gasteiger partial charge in [-0.2, -0.15) is 0 Å². The first-order valence-corrected chi connectivity index (χ1v) is 10.3. The normalized spacial score (nSPS) is 14.6. The highest BCUT2D eigenvalue weighted by Crippen LogP contribution is 2.42. The number of H-pyrrole nitrogens is 1. The molecule has 3 aromatic rings. The van der Waals surface area contributed by atoms with Gasteiger partial charge in [-0.05, 0) is 30.4 Å². The molecule has 0 spiro atoms. The third-order valence-electron chi connectivity index (χ3n) is 5.90. The summed E-state index contributed by atoms with van der Waals surface area (Å²) in [6.07, 6.45) is 8.87. The van der Waals surface area contributed by atoms with Gasteiger partial charge in [0, 0.05) is 5.41 Å². The van der Waals surface area contributed by atoms with E-state index in [1.165, 1.54) is 29.8 Å². The van der Waals surface area contributed by atoms with Crippen LogP contribution in [0, 0.1) is 0 Å². The maximum atomic E-state index is 3.59. The number of aryl methyl sites for hydroxylation is 1. The standard InChI is InChI=1S/C25H32N2/c1-4-6-18-27-19-17-26-24(27)23(5-2)25(3,22-15-11-8-12-16-22)20-21-13-9-7-10-14-21/h7-17,19,23H,4-6,18,20H2,1-3H3/p+1. The highest BCUT2D eigenvalue weighted by molar-refractivity contribution is 5.32. The largest absolute Gasteiger partial charge is 0.258 e. The van der Waals surface area contributed by atoms with Crippen molar-refractivity contribution in [2.24, 2.45) is 0 Å². The summed E-state index contributed by atoms with van der Waals surface area (Å²) < 4.78 is 2.43. The zero-order chi connectivity index (χ0) is 19.1. The number of nitrogens with one attached hydrogen (secondary N) is 1. The monoisotopic (exact) mass is 361 g/mol. The van der Waals surface area contributed by atoms with Gasteiger partial charge in [-0.3, -0.25) is 0 Å². The number of aromatic amines is 1. The zero-order valence-corrected chi connectivity index (χ0v) is 17.0. The van der Waals surface area contributed by atoms with E-state index in [0.29, 0.717) is 5.92 Å². The smallest absolute Gasteiger partial charge is 0.247 e. The average Bonchev–Trinajstić information content (AvgIpc) is 3.16. The molecule has 0 bridgehead atoms. The molecule has 0 amide bonds. The van der Waals surface area contributed by atoms with E-state index >= 15 is 0 Å². The van der Waals surface area contributed by atoms with Crippen LogP contribution in [0.4, 0.5) is 0 Å². The molecule has 1 heterocycles. The van der Waals surface area contributed by atoms with E-state index in [2.05, 4.69) is 103 Å². The lowest BCUT2D eigenvalue weighted by molar-refractivity contribution is -0.705. The molecule has 3 rings (SSSR count). The predicted molar refractivity (Wildman–Crippen MR) is 113 cm³/mol. The third-order valence-corrected chi connectivity index (χ3v) is 5.90. The number of benzene rings is 2. The molecule has 2 nitrogen and oxygen atoms in total. The van der Waals surface area contributed by atoms with Crippen LogP contribution in [0.5, 0.6) is 0 Å². The van der Waals surface area contributed by atoms with Gasteiger partial charge in [-0.15, -0.1) is 0 Å². The SMILES string of the molecule is CCCC[n+]1cc[nH]c1C(CC)C(C)(Cc1ccccc1)c1ccccc1. The minimum atomic E-state index is 0.0240. The number of aromatic nitrogens is 2. The van der Waals surface area contributed by atoms with E-state index in [0.717, 1.165) is 19.4 Å². The van der Waals surface area contributed by atoms with Crippen molar-refractivity contribution in [2.45, 2.75) is 64.3 Å². The molecule has 0 saturated carbocycles. The van der Waals surface area contributed by atoms with E-state index in [-0.39, 0.29) is 5.41 Å². The van der Waals surface area contributed by atoms with Crippen LogP contribution in [-0.2, 0) is 18.4 Å². The zero-order valence-electron chi connectivity index (χ0n) is 17.0. The molecular formula is C25H33N2+. The molecule has 0 aliphatic heterocycles. The maximum Gasteiger partial charge on any atom is 0.258 e. The highest BCUT2D eigenvalue weighted by atomic mass is 15.1. The molecule has 2 aromatic carbocycles. The van der Waals surface area contributed by atoms with Gasteiger partial charge in [0.05, 0.1) is 12.5 Å². The number of imidazole rings is 1. The van der Waals surface area contributed by atoms with Gasteiger partial charge in [0.25, 0.3) is 5.82 Å². The van der Waals surface area contributed by atoms with Crippen molar-refractivity contribution in [1.82, 2.24) is 4.98 Å². The Bertz CT molecular complexity index is 807. The van der Waals surface area contributed by atoms with Crippen LogP contribution in [0.15, 0.2) is 73.1 Å². The fraction of sp³-hybridized carbons (Fsp3) is 0.400. The Kier molecular flexibility index (Phi) is 6.49. The van der Waals surface area contributed by atoms with Crippen molar-refractivity contribution >= 4 is 0 Å². The molecule has 0 saturated heterocycles. The molecule has 2 unspecified atom stereocenters. The van der Waals surface area contributed by atoms with Crippen LogP contribution in [0.2, 0.25) is 0 Å². The Morgan fingerprint density at radius 3 is 2.26 bits per heavy atom. The van der Waals surface area contributed by atoms with Crippen LogP contribution in [0.3, 0.4) is 0 Å². The Labute approximate surface area is 164 Å². The van der Waals surface area contributed by atoms with Crippen LogP contribution >= 0.6 is 0 Å². The van der Waals surface area contributed by atoms with E-state index in [9.17, 15) is 0 Å². The van der Waals surface area contributed by atoms with Crippen LogP contribution in [0.25, 0.3) is 0 Å². The maximum absolute atomic E-state index is 3.59. The summed E-state index contributed by atoms with van der Waals surface area (Å²) in [7, 11) is 0. The molecular weight excluding hydrogens is 328 g/mol. The van der Waals surface area contributed by atoms with Gasteiger partial charge < -0.3 is 0 Å². The summed E-state index contributed by atoms with van der Waals surface area (Å²) in [6, 6.07) is 22.0. The van der Waals surface area contributed by atoms with Gasteiger partial charge >= 0.3 is 0 Å². The van der Waals surface area contributed by atoms with Crippen LogP contribution in [0.1, 0.15) is 62.9 Å². The lowest BCUT2D eigenvalue weighted by Crippen LogP contribution is -2.43. The molecule has 0 fully saturated rings. The molecule has 27 heavy (non-hydrogen) atoms. The molecule has 0 aliphatic carbocycles. The summed E-state index contributed by atoms with van der Waals surface area (Å²) >= 11 is 0. The second-order valence-electron chi connectivity index (χ2n) is 7.80. The van der Waals surface area contributed by atoms with Gasteiger partial charge in [-0.1, -0.05) is 87.9 Å². The Morgan fingerprint density at radius 1 is 0.963 bits per heavy atom. The molecule has 2 atom stereocenters. The molecule has 0 aliphatic rings. The molecule has 1 N–H and O–H groups in total. The summed E-state index contributed by atoms with van der Waals surface area (Å²) in [4.78, 5) is 3.59. The van der Waals surface area contributed by atoms with Gasteiger partial charge in [-0.25, -0.2) is 9.55 Å². The van der Waals surface area contributed by atoms with Crippen molar-refractivity contribution in [3.63, 3.8) is 0 Å². The topological polar surface area (TPSA) is 19.7 Å². The number of hydrogen-bond donors (Lipinski definition) is 1. The van der Waals surface area contributed by atoms with E-state index in [4.69, 9.17) is 0 Å². The Morgan fingerprint density at radius 2 is 1.63 bits per heavy atom. The summed E-state index contributed by atoms with van der Waals surface area (Å²) in [5, 5.41) is 0. The fourth-order valence-electron chi connectivity index (χ4n) is 4.41. The molecule has 0 radical (unpaired) electrons. The lowest BCUT2D eigenvalue weighted by Gasteiger charge is -2.36. The van der Waals surface area contributed by atoms with Crippen LogP contribution < -0.4 is 4.57 Å². The second-order valence-corrected chi connectivity index (χ2v) is 7.80. The average molecular weight is 362 g/mol. The van der Waals surface area contributed by atoms with Crippen LogP contribution in [-0.4, -0.2) is 4.98 Å². The molecule has 2 heteroatoms. The van der Waals surface area contributed by atoms with E-state index in [1.54, 1.807) is 0 Å². The minimum absolute atomic E-state index is 0.0240. The van der Waals surface area contributed by atoms with Gasteiger partial charge in [0.2, 0.25) is 0 Å². The van der Waals surface area contributed by atoms with E-state index < -0.39 is 0 Å². The van der Waals surface area contributed by atoms with Gasteiger partial charge in [0.1, 0.15) is 12.4 Å². The number of hydrogen-bond acceptors (Lipinski definition) is 0. The lowest BCUT2D eigenvalue weighted by atomic mass is 9.66. The minimum Gasteiger partial charge on any atom is -0.247 e. The Hall–Kier alpha value is -2.35. The van der Waals surface area contributed by atoms with Gasteiger partial charge in [0.15, 0.2) is 0 Å². The van der Waals surface area contributed by atoms with Crippen molar-refractivity contribution < 1.29 is 4.57 Å². The third kappa shape index (κ3) is 4.32. The first kappa shape index (κ1) is 19.4. The fourth-order valence-corrected chi connectivity index (χ4v) is 4.41. The highest BCUT2D eigenvalue weighted by Gasteiger charge is 2.41. The molecule has 1 aromatic heterocycles. The van der Waals surface area contributed by atoms with Crippen molar-refractivity contribution in [2.75, 3.05) is 0 Å². The number of rotatable bonds is 9. The second kappa shape index (κ2) is 9.03. The Balaban J connectivity index is 2.04. The quantitative estimate of drug-likeness (QED) is 0.465. The summed E-state index contributed by atoms with van der Waals surface area (Å²) in [6.45, 7) is 8.10. The molecule has 142 valence electrons. The first-order valence-electron chi connectivity index (χ1n) is 10.3. The van der Waals surface area contributed by atoms with Crippen molar-refractivity contribution in [1.29, 1.82) is 0 Å². The van der Waals surface area contributed by atoms with E-state index in [1.807, 2.05) is 0 Å². The summed E-state index contributed by atoms with van der Waals surface area (Å²) in [5.74, 6) is 1.78. The number of nitrogens with zero attached hydrogens (tertiary/aromatic N) is 1.